The van der Waals surface area contributed by atoms with Crippen molar-refractivity contribution >= 4 is 36.3 Å². The molecule has 1 saturated heterocycles. The van der Waals surface area contributed by atoms with Crippen molar-refractivity contribution in [1.82, 2.24) is 25.3 Å². The van der Waals surface area contributed by atoms with Gasteiger partial charge in [-0.3, -0.25) is 24.1 Å². The lowest BCUT2D eigenvalue weighted by Gasteiger charge is -2.41. The van der Waals surface area contributed by atoms with E-state index in [9.17, 15) is 19.2 Å². The fraction of sp³-hybridized carbons (Fsp3) is 0.756. The van der Waals surface area contributed by atoms with Crippen LogP contribution in [0.1, 0.15) is 86.6 Å². The lowest BCUT2D eigenvalue weighted by atomic mass is 9.89. The second-order valence-electron chi connectivity index (χ2n) is 16.1. The number of likely N-dealkylation sites (N-methyl/N-ethyl adjacent to an activating group) is 2. The molecule has 0 bridgehead atoms. The first-order valence-corrected chi connectivity index (χ1v) is 20.6. The largest absolute Gasteiger partial charge is 0.379 e. The molecule has 4 amide bonds. The van der Waals surface area contributed by atoms with Gasteiger partial charge in [0, 0.05) is 45.3 Å². The first-order chi connectivity index (χ1) is 26.4. The number of carbonyl (C=O) groups excluding carboxylic acids is 4. The molecule has 56 heavy (non-hydrogen) atoms. The number of methoxy groups -OCH3 is 2. The van der Waals surface area contributed by atoms with E-state index in [-0.39, 0.29) is 65.8 Å². The van der Waals surface area contributed by atoms with Crippen LogP contribution in [0.5, 0.6) is 0 Å². The smallest absolute Gasteiger partial charge is 0.245 e. The molecule has 1 aliphatic rings. The summed E-state index contributed by atoms with van der Waals surface area (Å²) in [6, 6.07) is 7.15. The number of ether oxygens (including phenoxy) is 2. The van der Waals surface area contributed by atoms with Gasteiger partial charge in [0.05, 0.1) is 48.0 Å². The van der Waals surface area contributed by atoms with Crippen LogP contribution >= 0.6 is 12.6 Å². The van der Waals surface area contributed by atoms with Crippen LogP contribution in [0.4, 0.5) is 0 Å². The van der Waals surface area contributed by atoms with Crippen LogP contribution in [0, 0.1) is 23.7 Å². The predicted molar refractivity (Wildman–Crippen MR) is 224 cm³/mol. The molecule has 15 heteroatoms. The summed E-state index contributed by atoms with van der Waals surface area (Å²) >= 11 is 4.54. The van der Waals surface area contributed by atoms with E-state index in [4.69, 9.17) is 15.0 Å². The number of benzene rings is 1. The fourth-order valence-electron chi connectivity index (χ4n) is 8.00. The normalized spacial score (nSPS) is 19.3. The van der Waals surface area contributed by atoms with E-state index in [2.05, 4.69) is 33.3 Å². The Morgan fingerprint density at radius 3 is 2.14 bits per heavy atom. The first-order valence-electron chi connectivity index (χ1n) is 20.1. The minimum absolute atomic E-state index is 0.0146. The van der Waals surface area contributed by atoms with Crippen molar-refractivity contribution in [3.05, 3.63) is 46.3 Å². The molecule has 0 radical (unpaired) electrons. The number of hydrogen-bond donors (Lipinski definition) is 3. The van der Waals surface area contributed by atoms with Gasteiger partial charge in [-0.1, -0.05) is 90.3 Å². The van der Waals surface area contributed by atoms with Gasteiger partial charge in [-0.2, -0.15) is 12.6 Å². The molecular weight excluding hydrogens is 733 g/mol. The van der Waals surface area contributed by atoms with Crippen LogP contribution in [-0.4, -0.2) is 128 Å². The van der Waals surface area contributed by atoms with Gasteiger partial charge in [-0.15, -0.1) is 0 Å². The summed E-state index contributed by atoms with van der Waals surface area (Å²) < 4.78 is 12.0. The highest BCUT2D eigenvalue weighted by molar-refractivity contribution is 7.80. The zero-order chi connectivity index (χ0) is 42.3. The van der Waals surface area contributed by atoms with Crippen molar-refractivity contribution in [2.45, 2.75) is 135 Å². The molecule has 1 aromatic carbocycles. The monoisotopic (exact) mass is 803 g/mol. The molecule has 0 aromatic heterocycles. The van der Waals surface area contributed by atoms with Crippen molar-refractivity contribution < 1.29 is 28.7 Å². The second kappa shape index (κ2) is 23.8. The van der Waals surface area contributed by atoms with E-state index in [0.29, 0.717) is 19.4 Å². The maximum Gasteiger partial charge on any atom is 0.245 e. The summed E-state index contributed by atoms with van der Waals surface area (Å²) in [6.45, 7) is 16.1. The number of azide groups is 1. The van der Waals surface area contributed by atoms with E-state index in [1.807, 2.05) is 90.7 Å². The van der Waals surface area contributed by atoms with Crippen molar-refractivity contribution in [2.75, 3.05) is 41.4 Å². The number of nitrogens with one attached hydrogen (secondary N) is 2. The number of nitrogens with zero attached hydrogens (tertiary/aromatic N) is 6. The zero-order valence-electron chi connectivity index (χ0n) is 35.8. The van der Waals surface area contributed by atoms with Gasteiger partial charge in [0.2, 0.25) is 23.6 Å². The van der Waals surface area contributed by atoms with Crippen molar-refractivity contribution in [2.24, 2.45) is 28.8 Å². The van der Waals surface area contributed by atoms with E-state index < -0.39 is 42.3 Å². The average molecular weight is 803 g/mol. The third-order valence-electron chi connectivity index (χ3n) is 11.5. The van der Waals surface area contributed by atoms with Crippen LogP contribution in [0.25, 0.3) is 10.4 Å². The van der Waals surface area contributed by atoms with Crippen LogP contribution < -0.4 is 10.6 Å². The first kappa shape index (κ1) is 48.8. The van der Waals surface area contributed by atoms with Gasteiger partial charge < -0.3 is 29.9 Å². The van der Waals surface area contributed by atoms with E-state index >= 15 is 0 Å². The Balaban J connectivity index is 2.29. The summed E-state index contributed by atoms with van der Waals surface area (Å²) in [5.41, 5.74) is 9.98. The Hall–Kier alpha value is -3.36. The molecule has 1 fully saturated rings. The van der Waals surface area contributed by atoms with Gasteiger partial charge in [0.1, 0.15) is 6.04 Å². The van der Waals surface area contributed by atoms with Crippen molar-refractivity contribution in [3.63, 3.8) is 0 Å². The summed E-state index contributed by atoms with van der Waals surface area (Å²) in [5, 5.41) is 9.67. The lowest BCUT2D eigenvalue weighted by molar-refractivity contribution is -0.148. The fourth-order valence-corrected chi connectivity index (χ4v) is 8.14. The van der Waals surface area contributed by atoms with Gasteiger partial charge in [-0.25, -0.2) is 0 Å². The van der Waals surface area contributed by atoms with Crippen molar-refractivity contribution in [1.29, 1.82) is 0 Å². The van der Waals surface area contributed by atoms with Gasteiger partial charge in [0.25, 0.3) is 0 Å². The average Bonchev–Trinajstić information content (AvgIpc) is 3.65. The molecule has 1 aliphatic heterocycles. The number of amides is 4. The molecule has 0 spiro atoms. The standard InChI is InChI=1S/C41H70N8O6S/c1-13-27(6)37(48(10)41(53)35(25(2)3)45-40(52)36(26(4)5)47(9)29(8)56)33(54-11)23-34(50)49-21-17-20-32(49)38(55-12)28(7)39(51)44-31(24-43-46-42)22-30-18-15-14-16-19-30/h14-16,18-19,25-29,31-33,35-38,56H,13,17,20-24H2,1-12H3,(H,44,51)(H,45,52)/t27-,28+,29?,31-,32-,33+,35-,36-,37-,38+/m0/s1. The SMILES string of the molecule is CC[C@H](C)[C@@H]([C@@H](CC(=O)N1CCC[C@H]1[C@H](OC)[C@@H](C)C(=O)N[C@H](CN=[N+]=[N-])Cc1ccccc1)OC)N(C)C(=O)[C@@H](NC(=O)[C@H](C(C)C)N(C)C(C)S)C(C)C. The minimum Gasteiger partial charge on any atom is -0.379 e. The van der Waals surface area contributed by atoms with Crippen LogP contribution in [0.15, 0.2) is 35.4 Å². The molecule has 0 saturated carbocycles. The number of thiol groups is 1. The van der Waals surface area contributed by atoms with Crippen LogP contribution in [-0.2, 0) is 35.1 Å². The minimum atomic E-state index is -0.797. The van der Waals surface area contributed by atoms with Gasteiger partial charge in [-0.05, 0) is 62.1 Å². The molecule has 1 heterocycles. The highest BCUT2D eigenvalue weighted by atomic mass is 32.1. The third kappa shape index (κ3) is 13.4. The predicted octanol–water partition coefficient (Wildman–Crippen LogP) is 5.32. The molecule has 1 unspecified atom stereocenters. The number of hydrogen-bond acceptors (Lipinski definition) is 9. The Labute approximate surface area is 341 Å². The number of likely N-dealkylation sites (tertiary alicyclic amines) is 1. The Kier molecular flexibility index (Phi) is 20.7. The molecular formula is C41H70N8O6S. The quantitative estimate of drug-likeness (QED) is 0.0443. The molecule has 0 aliphatic carbocycles. The third-order valence-corrected chi connectivity index (χ3v) is 11.8. The van der Waals surface area contributed by atoms with E-state index in [0.717, 1.165) is 18.4 Å². The van der Waals surface area contributed by atoms with Gasteiger partial charge in [0.15, 0.2) is 0 Å². The summed E-state index contributed by atoms with van der Waals surface area (Å²) in [6.07, 6.45) is 1.41. The Morgan fingerprint density at radius 1 is 0.982 bits per heavy atom. The molecule has 316 valence electrons. The maximum atomic E-state index is 14.4. The molecule has 14 nitrogen and oxygen atoms in total. The number of rotatable bonds is 23. The Morgan fingerprint density at radius 2 is 1.62 bits per heavy atom. The maximum absolute atomic E-state index is 14.4. The van der Waals surface area contributed by atoms with E-state index in [1.54, 1.807) is 38.0 Å². The summed E-state index contributed by atoms with van der Waals surface area (Å²) in [4.78, 5) is 64.2. The van der Waals surface area contributed by atoms with Crippen LogP contribution in [0.2, 0.25) is 0 Å². The zero-order valence-corrected chi connectivity index (χ0v) is 36.7. The highest BCUT2D eigenvalue weighted by Crippen LogP contribution is 2.30. The topological polar surface area (TPSA) is 169 Å². The summed E-state index contributed by atoms with van der Waals surface area (Å²) in [7, 11) is 6.69. The second-order valence-corrected chi connectivity index (χ2v) is 16.9. The number of carbonyl (C=O) groups is 4. The lowest BCUT2D eigenvalue weighted by Crippen LogP contribution is -2.60. The molecule has 2 N–H and O–H groups in total. The molecule has 10 atom stereocenters. The summed E-state index contributed by atoms with van der Waals surface area (Å²) in [5.74, 6) is -1.76. The van der Waals surface area contributed by atoms with E-state index in [1.165, 1.54) is 0 Å². The Bertz CT molecular complexity index is 1440. The van der Waals surface area contributed by atoms with Crippen LogP contribution in [0.3, 0.4) is 0 Å². The van der Waals surface area contributed by atoms with Crippen molar-refractivity contribution in [3.8, 4) is 0 Å². The molecule has 1 aromatic rings. The molecule has 2 rings (SSSR count). The van der Waals surface area contributed by atoms with Gasteiger partial charge >= 0.3 is 0 Å². The highest BCUT2D eigenvalue weighted by Gasteiger charge is 2.43.